The van der Waals surface area contributed by atoms with Crippen LogP contribution in [0.4, 0.5) is 14.9 Å². The topological polar surface area (TPSA) is 97.6 Å². The Morgan fingerprint density at radius 3 is 2.39 bits per heavy atom. The largest absolute Gasteiger partial charge is 0.480 e. The van der Waals surface area contributed by atoms with Crippen LogP contribution in [0.2, 0.25) is 0 Å². The molecule has 1 amide bonds. The first kappa shape index (κ1) is 21.8. The van der Waals surface area contributed by atoms with E-state index in [0.29, 0.717) is 11.3 Å². The van der Waals surface area contributed by atoms with Crippen LogP contribution in [0.5, 0.6) is 0 Å². The summed E-state index contributed by atoms with van der Waals surface area (Å²) in [7, 11) is 0. The summed E-state index contributed by atoms with van der Waals surface area (Å²) < 4.78 is 19.5. The molecule has 0 saturated heterocycles. The predicted octanol–water partition coefficient (Wildman–Crippen LogP) is 3.72. The molecule has 0 saturated carbocycles. The van der Waals surface area contributed by atoms with Crippen LogP contribution in [-0.2, 0) is 29.1 Å². The van der Waals surface area contributed by atoms with Gasteiger partial charge in [-0.25, -0.2) is 9.18 Å². The van der Waals surface area contributed by atoms with Gasteiger partial charge in [0, 0.05) is 5.69 Å². The Hall–Kier alpha value is -3.94. The van der Waals surface area contributed by atoms with Crippen LogP contribution in [-0.4, -0.2) is 21.7 Å². The Balaban J connectivity index is 1.90. The molecule has 0 aliphatic heterocycles. The van der Waals surface area contributed by atoms with Crippen LogP contribution < -0.4 is 10.9 Å². The SMILES string of the molecule is Cc1cc(Cc2ccc(F)cc2)c(NC(=O)OCc2ccccc2)c(=O)n1CC(=O)O. The van der Waals surface area contributed by atoms with Crippen molar-refractivity contribution in [3.8, 4) is 0 Å². The van der Waals surface area contributed by atoms with Crippen molar-refractivity contribution in [1.82, 2.24) is 4.57 Å². The van der Waals surface area contributed by atoms with E-state index in [1.54, 1.807) is 37.3 Å². The van der Waals surface area contributed by atoms with Crippen molar-refractivity contribution in [2.75, 3.05) is 5.32 Å². The highest BCUT2D eigenvalue weighted by Gasteiger charge is 2.18. The smallest absolute Gasteiger partial charge is 0.412 e. The molecule has 7 nitrogen and oxygen atoms in total. The summed E-state index contributed by atoms with van der Waals surface area (Å²) in [6, 6.07) is 16.4. The van der Waals surface area contributed by atoms with E-state index in [-0.39, 0.29) is 24.5 Å². The zero-order valence-electron chi connectivity index (χ0n) is 16.8. The van der Waals surface area contributed by atoms with E-state index in [0.717, 1.165) is 15.7 Å². The van der Waals surface area contributed by atoms with Gasteiger partial charge in [-0.15, -0.1) is 0 Å². The van der Waals surface area contributed by atoms with E-state index in [9.17, 15) is 18.8 Å². The number of carbonyl (C=O) groups excluding carboxylic acids is 1. The molecule has 0 unspecified atom stereocenters. The van der Waals surface area contributed by atoms with Gasteiger partial charge in [0.25, 0.3) is 5.56 Å². The zero-order chi connectivity index (χ0) is 22.4. The van der Waals surface area contributed by atoms with Gasteiger partial charge in [-0.2, -0.15) is 0 Å². The second-order valence-electron chi connectivity index (χ2n) is 6.96. The lowest BCUT2D eigenvalue weighted by Gasteiger charge is -2.16. The number of rotatable bonds is 7. The first-order valence-electron chi connectivity index (χ1n) is 9.50. The number of hydrogen-bond donors (Lipinski definition) is 2. The van der Waals surface area contributed by atoms with Crippen molar-refractivity contribution in [3.05, 3.63) is 99.2 Å². The van der Waals surface area contributed by atoms with Crippen molar-refractivity contribution in [2.24, 2.45) is 0 Å². The summed E-state index contributed by atoms with van der Waals surface area (Å²) in [5.41, 5.74) is 1.65. The van der Waals surface area contributed by atoms with Crippen molar-refractivity contribution in [2.45, 2.75) is 26.5 Å². The number of nitrogens with zero attached hydrogens (tertiary/aromatic N) is 1. The summed E-state index contributed by atoms with van der Waals surface area (Å²) >= 11 is 0. The molecule has 0 spiro atoms. The highest BCUT2D eigenvalue weighted by Crippen LogP contribution is 2.19. The van der Waals surface area contributed by atoms with Gasteiger partial charge in [-0.1, -0.05) is 42.5 Å². The van der Waals surface area contributed by atoms with Gasteiger partial charge in [0.1, 0.15) is 24.7 Å². The van der Waals surface area contributed by atoms with Gasteiger partial charge >= 0.3 is 12.1 Å². The minimum atomic E-state index is -1.19. The lowest BCUT2D eigenvalue weighted by atomic mass is 10.0. The number of anilines is 1. The first-order chi connectivity index (χ1) is 14.8. The average Bonchev–Trinajstić information content (AvgIpc) is 2.74. The molecule has 3 rings (SSSR count). The quantitative estimate of drug-likeness (QED) is 0.603. The fraction of sp³-hybridized carbons (Fsp3) is 0.174. The second-order valence-corrected chi connectivity index (χ2v) is 6.96. The van der Waals surface area contributed by atoms with Crippen molar-refractivity contribution in [1.29, 1.82) is 0 Å². The summed E-state index contributed by atoms with van der Waals surface area (Å²) in [6.07, 6.45) is -0.606. The number of carboxylic acids is 1. The lowest BCUT2D eigenvalue weighted by Crippen LogP contribution is -2.31. The van der Waals surface area contributed by atoms with E-state index < -0.39 is 24.2 Å². The molecule has 31 heavy (non-hydrogen) atoms. The number of carbonyl (C=O) groups is 2. The van der Waals surface area contributed by atoms with Gasteiger partial charge in [-0.05, 0) is 48.2 Å². The molecule has 8 heteroatoms. The van der Waals surface area contributed by atoms with E-state index in [1.165, 1.54) is 12.1 Å². The Morgan fingerprint density at radius 2 is 1.74 bits per heavy atom. The maximum Gasteiger partial charge on any atom is 0.412 e. The molecule has 2 N–H and O–H groups in total. The maximum atomic E-state index is 13.2. The van der Waals surface area contributed by atoms with Crippen molar-refractivity contribution < 1.29 is 23.8 Å². The third-order valence-corrected chi connectivity index (χ3v) is 4.63. The number of benzene rings is 2. The van der Waals surface area contributed by atoms with Gasteiger partial charge < -0.3 is 9.84 Å². The average molecular weight is 424 g/mol. The van der Waals surface area contributed by atoms with Gasteiger partial charge in [-0.3, -0.25) is 19.5 Å². The molecular weight excluding hydrogens is 403 g/mol. The van der Waals surface area contributed by atoms with E-state index >= 15 is 0 Å². The van der Waals surface area contributed by atoms with Gasteiger partial charge in [0.15, 0.2) is 0 Å². The molecular formula is C23H21FN2O5. The maximum absolute atomic E-state index is 13.2. The third kappa shape index (κ3) is 5.79. The van der Waals surface area contributed by atoms with E-state index in [2.05, 4.69) is 5.32 Å². The van der Waals surface area contributed by atoms with Crippen molar-refractivity contribution in [3.63, 3.8) is 0 Å². The minimum absolute atomic E-state index is 0.00907. The summed E-state index contributed by atoms with van der Waals surface area (Å²) in [5.74, 6) is -1.58. The standard InChI is InChI=1S/C23H21FN2O5/c1-15-11-18(12-16-7-9-19(24)10-8-16)21(22(29)26(15)13-20(27)28)25-23(30)31-14-17-5-3-2-4-6-17/h2-11H,12-14H2,1H3,(H,25,30)(H,27,28). The molecule has 1 aromatic heterocycles. The Bertz CT molecular complexity index is 1140. The lowest BCUT2D eigenvalue weighted by molar-refractivity contribution is -0.137. The Kier molecular flexibility index (Phi) is 6.81. The minimum Gasteiger partial charge on any atom is -0.480 e. The molecule has 0 fully saturated rings. The van der Waals surface area contributed by atoms with Crippen LogP contribution in [0.3, 0.4) is 0 Å². The van der Waals surface area contributed by atoms with Crippen LogP contribution >= 0.6 is 0 Å². The van der Waals surface area contributed by atoms with Gasteiger partial charge in [0.2, 0.25) is 0 Å². The van der Waals surface area contributed by atoms with Crippen LogP contribution in [0.1, 0.15) is 22.4 Å². The normalized spacial score (nSPS) is 10.5. The second kappa shape index (κ2) is 9.71. The molecule has 2 aromatic carbocycles. The third-order valence-electron chi connectivity index (χ3n) is 4.63. The first-order valence-corrected chi connectivity index (χ1v) is 9.50. The monoisotopic (exact) mass is 424 g/mol. The molecule has 3 aromatic rings. The fourth-order valence-corrected chi connectivity index (χ4v) is 3.12. The molecule has 0 aliphatic carbocycles. The summed E-state index contributed by atoms with van der Waals surface area (Å²) in [6.45, 7) is 1.07. The number of nitrogens with one attached hydrogen (secondary N) is 1. The fourth-order valence-electron chi connectivity index (χ4n) is 3.12. The number of ether oxygens (including phenoxy) is 1. The number of carboxylic acid groups (broad SMARTS) is 1. The molecule has 1 heterocycles. The Labute approximate surface area is 177 Å². The number of aliphatic carboxylic acids is 1. The zero-order valence-corrected chi connectivity index (χ0v) is 16.8. The van der Waals surface area contributed by atoms with Crippen LogP contribution in [0.15, 0.2) is 65.5 Å². The number of amides is 1. The number of pyridine rings is 1. The van der Waals surface area contributed by atoms with E-state index in [4.69, 9.17) is 9.84 Å². The van der Waals surface area contributed by atoms with Crippen LogP contribution in [0.25, 0.3) is 0 Å². The highest BCUT2D eigenvalue weighted by molar-refractivity contribution is 5.85. The number of hydrogen-bond acceptors (Lipinski definition) is 4. The van der Waals surface area contributed by atoms with Gasteiger partial charge in [0.05, 0.1) is 0 Å². The Morgan fingerprint density at radius 1 is 1.06 bits per heavy atom. The van der Waals surface area contributed by atoms with E-state index in [1.807, 2.05) is 18.2 Å². The predicted molar refractivity (Wildman–Crippen MR) is 113 cm³/mol. The highest BCUT2D eigenvalue weighted by atomic mass is 19.1. The molecule has 0 bridgehead atoms. The molecule has 160 valence electrons. The molecule has 0 radical (unpaired) electrons. The summed E-state index contributed by atoms with van der Waals surface area (Å²) in [4.78, 5) is 36.5. The van der Waals surface area contributed by atoms with Crippen LogP contribution in [0, 0.1) is 12.7 Å². The summed E-state index contributed by atoms with van der Waals surface area (Å²) in [5, 5.41) is 11.6. The number of halogens is 1. The number of aryl methyl sites for hydroxylation is 1. The molecule has 0 aliphatic rings. The molecule has 0 atom stereocenters. The number of aromatic nitrogens is 1. The van der Waals surface area contributed by atoms with Crippen molar-refractivity contribution >= 4 is 17.7 Å².